The number of hydrogen-bond donors (Lipinski definition) is 1. The van der Waals surface area contributed by atoms with Gasteiger partial charge in [0.05, 0.1) is 6.20 Å². The quantitative estimate of drug-likeness (QED) is 0.741. The summed E-state index contributed by atoms with van der Waals surface area (Å²) < 4.78 is 1.88. The standard InChI is InChI=1S/C12H23N5/c1-16-8-3-2-5-12(16)11-13-6-4-9-17-10-7-14-15-17/h7,10,12-13H,2-6,8-9,11H2,1H3. The molecule has 2 rings (SSSR count). The van der Waals surface area contributed by atoms with Crippen molar-refractivity contribution in [3.63, 3.8) is 0 Å². The highest BCUT2D eigenvalue weighted by molar-refractivity contribution is 4.76. The number of nitrogens with one attached hydrogen (secondary N) is 1. The summed E-state index contributed by atoms with van der Waals surface area (Å²) >= 11 is 0. The van der Waals surface area contributed by atoms with E-state index in [1.807, 2.05) is 10.9 Å². The molecule has 0 bridgehead atoms. The highest BCUT2D eigenvalue weighted by atomic mass is 15.4. The van der Waals surface area contributed by atoms with E-state index < -0.39 is 0 Å². The molecule has 1 saturated heterocycles. The first-order valence-corrected chi connectivity index (χ1v) is 6.61. The number of hydrogen-bond acceptors (Lipinski definition) is 4. The van der Waals surface area contributed by atoms with Gasteiger partial charge in [0, 0.05) is 25.3 Å². The largest absolute Gasteiger partial charge is 0.315 e. The van der Waals surface area contributed by atoms with Crippen molar-refractivity contribution in [1.82, 2.24) is 25.2 Å². The van der Waals surface area contributed by atoms with Gasteiger partial charge in [0.2, 0.25) is 0 Å². The average Bonchev–Trinajstić information content (AvgIpc) is 2.84. The molecule has 17 heavy (non-hydrogen) atoms. The summed E-state index contributed by atoms with van der Waals surface area (Å²) in [4.78, 5) is 2.48. The van der Waals surface area contributed by atoms with Gasteiger partial charge in [0.1, 0.15) is 0 Å². The molecule has 1 fully saturated rings. The van der Waals surface area contributed by atoms with Crippen LogP contribution < -0.4 is 5.32 Å². The maximum absolute atomic E-state index is 3.95. The van der Waals surface area contributed by atoms with E-state index in [2.05, 4.69) is 27.6 Å². The Labute approximate surface area is 103 Å². The van der Waals surface area contributed by atoms with Gasteiger partial charge in [-0.3, -0.25) is 4.68 Å². The summed E-state index contributed by atoms with van der Waals surface area (Å²) in [7, 11) is 2.24. The molecule has 0 spiro atoms. The topological polar surface area (TPSA) is 46.0 Å². The molecular weight excluding hydrogens is 214 g/mol. The second-order valence-electron chi connectivity index (χ2n) is 4.85. The van der Waals surface area contributed by atoms with E-state index in [0.29, 0.717) is 0 Å². The molecule has 0 amide bonds. The Hall–Kier alpha value is -0.940. The summed E-state index contributed by atoms with van der Waals surface area (Å²) in [5.41, 5.74) is 0. The molecule has 2 heterocycles. The lowest BCUT2D eigenvalue weighted by molar-refractivity contribution is 0.181. The first-order valence-electron chi connectivity index (χ1n) is 6.61. The van der Waals surface area contributed by atoms with Crippen molar-refractivity contribution in [3.8, 4) is 0 Å². The highest BCUT2D eigenvalue weighted by Gasteiger charge is 2.17. The summed E-state index contributed by atoms with van der Waals surface area (Å²) in [6, 6.07) is 0.732. The SMILES string of the molecule is CN1CCCCC1CNCCCn1ccnn1. The zero-order valence-electron chi connectivity index (χ0n) is 10.7. The summed E-state index contributed by atoms with van der Waals surface area (Å²) in [6.07, 6.45) is 8.83. The smallest absolute Gasteiger partial charge is 0.0692 e. The first-order chi connectivity index (χ1) is 8.36. The Morgan fingerprint density at radius 1 is 1.41 bits per heavy atom. The Morgan fingerprint density at radius 3 is 3.12 bits per heavy atom. The van der Waals surface area contributed by atoms with Crippen LogP contribution in [-0.2, 0) is 6.54 Å². The van der Waals surface area contributed by atoms with Crippen LogP contribution in [0.15, 0.2) is 12.4 Å². The van der Waals surface area contributed by atoms with Crippen molar-refractivity contribution in [2.45, 2.75) is 38.3 Å². The molecule has 1 aromatic heterocycles. The maximum Gasteiger partial charge on any atom is 0.0692 e. The third-order valence-electron chi connectivity index (χ3n) is 3.51. The van der Waals surface area contributed by atoms with Gasteiger partial charge in [-0.2, -0.15) is 0 Å². The van der Waals surface area contributed by atoms with Crippen LogP contribution in [0.25, 0.3) is 0 Å². The predicted octanol–water partition coefficient (Wildman–Crippen LogP) is 0.742. The number of aryl methyl sites for hydroxylation is 1. The Kier molecular flexibility index (Phi) is 4.94. The van der Waals surface area contributed by atoms with Crippen LogP contribution in [0.1, 0.15) is 25.7 Å². The second-order valence-corrected chi connectivity index (χ2v) is 4.85. The van der Waals surface area contributed by atoms with Crippen LogP contribution in [0, 0.1) is 0 Å². The predicted molar refractivity (Wildman–Crippen MR) is 67.8 cm³/mol. The monoisotopic (exact) mass is 237 g/mol. The Bertz CT molecular complexity index is 298. The summed E-state index contributed by atoms with van der Waals surface area (Å²) in [5, 5.41) is 11.3. The van der Waals surface area contributed by atoms with Gasteiger partial charge in [-0.15, -0.1) is 5.10 Å². The van der Waals surface area contributed by atoms with Crippen molar-refractivity contribution >= 4 is 0 Å². The van der Waals surface area contributed by atoms with Gasteiger partial charge in [-0.1, -0.05) is 11.6 Å². The highest BCUT2D eigenvalue weighted by Crippen LogP contribution is 2.13. The van der Waals surface area contributed by atoms with E-state index in [1.54, 1.807) is 6.20 Å². The maximum atomic E-state index is 3.95. The summed E-state index contributed by atoms with van der Waals surface area (Å²) in [5.74, 6) is 0. The lowest BCUT2D eigenvalue weighted by Gasteiger charge is -2.32. The van der Waals surface area contributed by atoms with E-state index in [0.717, 1.165) is 32.1 Å². The number of nitrogens with zero attached hydrogens (tertiary/aromatic N) is 4. The molecular formula is C12H23N5. The fourth-order valence-electron chi connectivity index (χ4n) is 2.39. The fourth-order valence-corrected chi connectivity index (χ4v) is 2.39. The summed E-state index contributed by atoms with van der Waals surface area (Å²) in [6.45, 7) is 4.39. The third kappa shape index (κ3) is 4.09. The zero-order chi connectivity index (χ0) is 11.9. The molecule has 1 aromatic rings. The minimum atomic E-state index is 0.732. The lowest BCUT2D eigenvalue weighted by Crippen LogP contribution is -2.43. The van der Waals surface area contributed by atoms with Crippen molar-refractivity contribution in [3.05, 3.63) is 12.4 Å². The number of aromatic nitrogens is 3. The van der Waals surface area contributed by atoms with Crippen LogP contribution in [-0.4, -0.2) is 52.6 Å². The van der Waals surface area contributed by atoms with Crippen LogP contribution >= 0.6 is 0 Å². The molecule has 0 aromatic carbocycles. The Balaban J connectivity index is 1.53. The number of likely N-dealkylation sites (tertiary alicyclic amines) is 1. The van der Waals surface area contributed by atoms with Gasteiger partial charge in [-0.05, 0) is 39.4 Å². The van der Waals surface area contributed by atoms with Gasteiger partial charge in [0.25, 0.3) is 0 Å². The lowest BCUT2D eigenvalue weighted by atomic mass is 10.0. The molecule has 1 unspecified atom stereocenters. The molecule has 5 nitrogen and oxygen atoms in total. The average molecular weight is 237 g/mol. The van der Waals surface area contributed by atoms with Crippen LogP contribution in [0.3, 0.4) is 0 Å². The van der Waals surface area contributed by atoms with Gasteiger partial charge in [0.15, 0.2) is 0 Å². The molecule has 1 N–H and O–H groups in total. The second kappa shape index (κ2) is 6.71. The molecule has 96 valence electrons. The van der Waals surface area contributed by atoms with Crippen LogP contribution in [0.2, 0.25) is 0 Å². The number of rotatable bonds is 6. The molecule has 1 aliphatic rings. The minimum absolute atomic E-state index is 0.732. The van der Waals surface area contributed by atoms with Crippen molar-refractivity contribution in [2.24, 2.45) is 0 Å². The van der Waals surface area contributed by atoms with Gasteiger partial charge < -0.3 is 10.2 Å². The third-order valence-corrected chi connectivity index (χ3v) is 3.51. The van der Waals surface area contributed by atoms with Crippen LogP contribution in [0.5, 0.6) is 0 Å². The number of likely N-dealkylation sites (N-methyl/N-ethyl adjacent to an activating group) is 1. The molecule has 0 radical (unpaired) electrons. The minimum Gasteiger partial charge on any atom is -0.315 e. The van der Waals surface area contributed by atoms with Crippen molar-refractivity contribution in [1.29, 1.82) is 0 Å². The molecule has 1 aliphatic heterocycles. The van der Waals surface area contributed by atoms with E-state index in [1.165, 1.54) is 25.8 Å². The molecule has 0 aliphatic carbocycles. The normalized spacial score (nSPS) is 21.8. The van der Waals surface area contributed by atoms with Crippen molar-refractivity contribution in [2.75, 3.05) is 26.7 Å². The van der Waals surface area contributed by atoms with Crippen LogP contribution in [0.4, 0.5) is 0 Å². The van der Waals surface area contributed by atoms with E-state index in [-0.39, 0.29) is 0 Å². The van der Waals surface area contributed by atoms with E-state index >= 15 is 0 Å². The molecule has 0 saturated carbocycles. The number of piperidine rings is 1. The van der Waals surface area contributed by atoms with Crippen molar-refractivity contribution < 1.29 is 0 Å². The Morgan fingerprint density at radius 2 is 2.35 bits per heavy atom. The van der Waals surface area contributed by atoms with Gasteiger partial charge >= 0.3 is 0 Å². The molecule has 1 atom stereocenters. The molecule has 5 heteroatoms. The fraction of sp³-hybridized carbons (Fsp3) is 0.833. The van der Waals surface area contributed by atoms with E-state index in [9.17, 15) is 0 Å². The first kappa shape index (κ1) is 12.5. The van der Waals surface area contributed by atoms with Gasteiger partial charge in [-0.25, -0.2) is 0 Å². The zero-order valence-corrected chi connectivity index (χ0v) is 10.7. The van der Waals surface area contributed by atoms with E-state index in [4.69, 9.17) is 0 Å².